The van der Waals surface area contributed by atoms with Gasteiger partial charge in [-0.25, -0.2) is 4.79 Å². The summed E-state index contributed by atoms with van der Waals surface area (Å²) < 4.78 is 15.5. The maximum Gasteiger partial charge on any atom is 0.342 e. The molecule has 0 saturated heterocycles. The van der Waals surface area contributed by atoms with Crippen molar-refractivity contribution in [1.29, 1.82) is 0 Å². The van der Waals surface area contributed by atoms with Gasteiger partial charge in [0.1, 0.15) is 17.1 Å². The standard InChI is InChI=1S/C20H21NO6/c1-12(22)14-5-7-15(8-6-14)21-19(23)13(2)27-20(24)17-10-9-16(25-3)11-18(17)26-4/h5-11,13H,1-4H3,(H,21,23)/t13-/m0/s1. The van der Waals surface area contributed by atoms with Crippen molar-refractivity contribution < 1.29 is 28.6 Å². The van der Waals surface area contributed by atoms with Gasteiger partial charge in [0.15, 0.2) is 11.9 Å². The highest BCUT2D eigenvalue weighted by atomic mass is 16.5. The van der Waals surface area contributed by atoms with Crippen LogP contribution >= 0.6 is 0 Å². The van der Waals surface area contributed by atoms with E-state index in [2.05, 4.69) is 5.32 Å². The average Bonchev–Trinajstić information content (AvgIpc) is 2.67. The number of methoxy groups -OCH3 is 2. The fourth-order valence-electron chi connectivity index (χ4n) is 2.28. The van der Waals surface area contributed by atoms with Crippen LogP contribution in [0.15, 0.2) is 42.5 Å². The van der Waals surface area contributed by atoms with Crippen molar-refractivity contribution in [2.24, 2.45) is 0 Å². The second-order valence-electron chi connectivity index (χ2n) is 5.74. The Bertz CT molecular complexity index is 844. The van der Waals surface area contributed by atoms with E-state index in [9.17, 15) is 14.4 Å². The number of hydrogen-bond acceptors (Lipinski definition) is 6. The number of hydrogen-bond donors (Lipinski definition) is 1. The van der Waals surface area contributed by atoms with E-state index in [4.69, 9.17) is 14.2 Å². The highest BCUT2D eigenvalue weighted by Gasteiger charge is 2.22. The van der Waals surface area contributed by atoms with E-state index < -0.39 is 18.0 Å². The normalized spacial score (nSPS) is 11.3. The number of ether oxygens (including phenoxy) is 3. The fraction of sp³-hybridized carbons (Fsp3) is 0.250. The van der Waals surface area contributed by atoms with Gasteiger partial charge in [-0.15, -0.1) is 0 Å². The van der Waals surface area contributed by atoms with Crippen molar-refractivity contribution in [3.63, 3.8) is 0 Å². The minimum atomic E-state index is -1.03. The molecule has 2 aromatic carbocycles. The van der Waals surface area contributed by atoms with Crippen LogP contribution in [0.25, 0.3) is 0 Å². The van der Waals surface area contributed by atoms with E-state index >= 15 is 0 Å². The first kappa shape index (κ1) is 20.0. The van der Waals surface area contributed by atoms with Crippen LogP contribution in [0.5, 0.6) is 11.5 Å². The Kier molecular flexibility index (Phi) is 6.54. The van der Waals surface area contributed by atoms with Crippen molar-refractivity contribution in [3.05, 3.63) is 53.6 Å². The molecule has 7 heteroatoms. The molecule has 1 N–H and O–H groups in total. The predicted octanol–water partition coefficient (Wildman–Crippen LogP) is 3.09. The lowest BCUT2D eigenvalue weighted by Gasteiger charge is -2.15. The molecule has 0 aliphatic heterocycles. The number of anilines is 1. The summed E-state index contributed by atoms with van der Waals surface area (Å²) in [5, 5.41) is 2.63. The van der Waals surface area contributed by atoms with Crippen molar-refractivity contribution in [2.75, 3.05) is 19.5 Å². The first-order valence-electron chi connectivity index (χ1n) is 8.20. The molecule has 0 radical (unpaired) electrons. The maximum absolute atomic E-state index is 12.4. The van der Waals surface area contributed by atoms with Gasteiger partial charge in [-0.1, -0.05) is 0 Å². The molecule has 1 amide bonds. The molecule has 0 aliphatic rings. The first-order chi connectivity index (χ1) is 12.8. The van der Waals surface area contributed by atoms with Gasteiger partial charge in [-0.2, -0.15) is 0 Å². The molecule has 27 heavy (non-hydrogen) atoms. The van der Waals surface area contributed by atoms with Crippen LogP contribution < -0.4 is 14.8 Å². The minimum Gasteiger partial charge on any atom is -0.497 e. The number of benzene rings is 2. The summed E-state index contributed by atoms with van der Waals surface area (Å²) in [6, 6.07) is 11.1. The van der Waals surface area contributed by atoms with Gasteiger partial charge < -0.3 is 19.5 Å². The Labute approximate surface area is 157 Å². The summed E-state index contributed by atoms with van der Waals surface area (Å²) in [5.41, 5.74) is 1.22. The smallest absolute Gasteiger partial charge is 0.342 e. The summed E-state index contributed by atoms with van der Waals surface area (Å²) in [7, 11) is 2.93. The number of ketones is 1. The van der Waals surface area contributed by atoms with Gasteiger partial charge in [-0.3, -0.25) is 9.59 Å². The molecule has 7 nitrogen and oxygen atoms in total. The highest BCUT2D eigenvalue weighted by Crippen LogP contribution is 2.25. The molecule has 0 aliphatic carbocycles. The topological polar surface area (TPSA) is 90.9 Å². The third kappa shape index (κ3) is 5.07. The third-order valence-corrected chi connectivity index (χ3v) is 3.84. The van der Waals surface area contributed by atoms with E-state index in [0.29, 0.717) is 17.0 Å². The molecule has 2 aromatic rings. The van der Waals surface area contributed by atoms with Gasteiger partial charge in [0, 0.05) is 17.3 Å². The van der Waals surface area contributed by atoms with E-state index in [1.165, 1.54) is 34.1 Å². The number of Topliss-reactive ketones (excluding diaryl/α,β-unsaturated/α-hetero) is 1. The van der Waals surface area contributed by atoms with Gasteiger partial charge in [-0.05, 0) is 50.2 Å². The lowest BCUT2D eigenvalue weighted by Crippen LogP contribution is -2.30. The Hall–Kier alpha value is -3.35. The molecule has 0 fully saturated rings. The van der Waals surface area contributed by atoms with Crippen LogP contribution in [-0.4, -0.2) is 38.0 Å². The van der Waals surface area contributed by atoms with Crippen LogP contribution in [0.1, 0.15) is 34.6 Å². The van der Waals surface area contributed by atoms with Crippen LogP contribution in [-0.2, 0) is 9.53 Å². The number of carbonyl (C=O) groups excluding carboxylic acids is 3. The molecule has 0 spiro atoms. The Morgan fingerprint density at radius 1 is 0.963 bits per heavy atom. The number of nitrogens with one attached hydrogen (secondary N) is 1. The van der Waals surface area contributed by atoms with Crippen LogP contribution in [0.2, 0.25) is 0 Å². The number of carbonyl (C=O) groups is 3. The summed E-state index contributed by atoms with van der Waals surface area (Å²) in [6.07, 6.45) is -1.03. The van der Waals surface area contributed by atoms with E-state index in [1.807, 2.05) is 0 Å². The van der Waals surface area contributed by atoms with E-state index in [0.717, 1.165) is 0 Å². The zero-order chi connectivity index (χ0) is 20.0. The molecule has 0 aromatic heterocycles. The summed E-state index contributed by atoms with van der Waals surface area (Å²) in [5.74, 6) is -0.436. The average molecular weight is 371 g/mol. The molecular formula is C20H21NO6. The lowest BCUT2D eigenvalue weighted by molar-refractivity contribution is -0.123. The van der Waals surface area contributed by atoms with E-state index in [-0.39, 0.29) is 17.1 Å². The SMILES string of the molecule is COc1ccc(C(=O)O[C@@H](C)C(=O)Nc2ccc(C(C)=O)cc2)c(OC)c1. The molecule has 2 rings (SSSR count). The minimum absolute atomic E-state index is 0.0661. The first-order valence-corrected chi connectivity index (χ1v) is 8.20. The quantitative estimate of drug-likeness (QED) is 0.594. The van der Waals surface area contributed by atoms with Crippen molar-refractivity contribution in [2.45, 2.75) is 20.0 Å². The lowest BCUT2D eigenvalue weighted by atomic mass is 10.1. The van der Waals surface area contributed by atoms with Gasteiger partial charge >= 0.3 is 5.97 Å². The van der Waals surface area contributed by atoms with Crippen LogP contribution in [0.3, 0.4) is 0 Å². The zero-order valence-corrected chi connectivity index (χ0v) is 15.6. The van der Waals surface area contributed by atoms with Gasteiger partial charge in [0.05, 0.1) is 14.2 Å². The van der Waals surface area contributed by atoms with Crippen LogP contribution in [0, 0.1) is 0 Å². The Morgan fingerprint density at radius 2 is 1.63 bits per heavy atom. The molecule has 1 atom stereocenters. The Balaban J connectivity index is 2.03. The van der Waals surface area contributed by atoms with Crippen LogP contribution in [0.4, 0.5) is 5.69 Å². The molecule has 0 saturated carbocycles. The summed E-state index contributed by atoms with van der Waals surface area (Å²) >= 11 is 0. The second-order valence-corrected chi connectivity index (χ2v) is 5.74. The van der Waals surface area contributed by atoms with Gasteiger partial charge in [0.2, 0.25) is 0 Å². The zero-order valence-electron chi connectivity index (χ0n) is 15.6. The summed E-state index contributed by atoms with van der Waals surface area (Å²) in [6.45, 7) is 2.93. The molecular weight excluding hydrogens is 350 g/mol. The van der Waals surface area contributed by atoms with Crippen molar-refractivity contribution in [1.82, 2.24) is 0 Å². The molecule has 0 unspecified atom stereocenters. The molecule has 142 valence electrons. The largest absolute Gasteiger partial charge is 0.497 e. The highest BCUT2D eigenvalue weighted by molar-refractivity contribution is 5.99. The third-order valence-electron chi connectivity index (χ3n) is 3.84. The predicted molar refractivity (Wildman–Crippen MR) is 99.5 cm³/mol. The maximum atomic E-state index is 12.4. The van der Waals surface area contributed by atoms with Crippen molar-refractivity contribution in [3.8, 4) is 11.5 Å². The fourth-order valence-corrected chi connectivity index (χ4v) is 2.28. The number of rotatable bonds is 7. The molecule has 0 bridgehead atoms. The second kappa shape index (κ2) is 8.84. The molecule has 0 heterocycles. The monoisotopic (exact) mass is 371 g/mol. The number of amides is 1. The van der Waals surface area contributed by atoms with Crippen molar-refractivity contribution >= 4 is 23.3 Å². The Morgan fingerprint density at radius 3 is 2.19 bits per heavy atom. The van der Waals surface area contributed by atoms with E-state index in [1.54, 1.807) is 36.4 Å². The number of esters is 1. The van der Waals surface area contributed by atoms with Gasteiger partial charge in [0.25, 0.3) is 5.91 Å². The summed E-state index contributed by atoms with van der Waals surface area (Å²) in [4.78, 5) is 35.9.